The number of phenols is 1. The molecule has 1 heterocycles. The Balaban J connectivity index is 1.73. The van der Waals surface area contributed by atoms with Gasteiger partial charge in [0.25, 0.3) is 0 Å². The van der Waals surface area contributed by atoms with Crippen LogP contribution in [0.2, 0.25) is 0 Å². The summed E-state index contributed by atoms with van der Waals surface area (Å²) in [6, 6.07) is 13.7. The van der Waals surface area contributed by atoms with E-state index >= 15 is 0 Å². The van der Waals surface area contributed by atoms with E-state index in [4.69, 9.17) is 9.15 Å². The standard InChI is InChI=1S/C18H16N2O4/c1-2-23-14-7-8-16-13(9-14)10-17(24-16)18(22)20-19-11-12-5-3-4-6-15(12)21/h3-11,21H,2H2,1H3,(H,20,22)/b19-11+. The number of aromatic hydroxyl groups is 1. The Bertz CT molecular complexity index is 899. The lowest BCUT2D eigenvalue weighted by Gasteiger charge is -2.00. The minimum absolute atomic E-state index is 0.0858. The van der Waals surface area contributed by atoms with E-state index in [1.54, 1.807) is 42.5 Å². The number of phenolic OH excluding ortho intramolecular Hbond substituents is 1. The zero-order valence-corrected chi connectivity index (χ0v) is 13.0. The van der Waals surface area contributed by atoms with Crippen molar-refractivity contribution in [3.63, 3.8) is 0 Å². The molecule has 122 valence electrons. The molecule has 3 aromatic rings. The lowest BCUT2D eigenvalue weighted by molar-refractivity contribution is 0.0929. The molecule has 3 rings (SSSR count). The maximum absolute atomic E-state index is 12.1. The van der Waals surface area contributed by atoms with Crippen LogP contribution in [0.15, 0.2) is 58.0 Å². The summed E-state index contributed by atoms with van der Waals surface area (Å²) in [7, 11) is 0. The van der Waals surface area contributed by atoms with Gasteiger partial charge in [-0.05, 0) is 43.3 Å². The highest BCUT2D eigenvalue weighted by Gasteiger charge is 2.12. The number of nitrogens with one attached hydrogen (secondary N) is 1. The van der Waals surface area contributed by atoms with Crippen LogP contribution in [0.4, 0.5) is 0 Å². The maximum atomic E-state index is 12.1. The molecule has 0 aliphatic heterocycles. The number of amides is 1. The van der Waals surface area contributed by atoms with Crippen LogP contribution < -0.4 is 10.2 Å². The Kier molecular flexibility index (Phi) is 4.47. The summed E-state index contributed by atoms with van der Waals surface area (Å²) in [5, 5.41) is 14.2. The molecular formula is C18H16N2O4. The van der Waals surface area contributed by atoms with Gasteiger partial charge in [-0.3, -0.25) is 4.79 Å². The second-order valence-corrected chi connectivity index (χ2v) is 5.00. The lowest BCUT2D eigenvalue weighted by Crippen LogP contribution is -2.16. The number of hydrazone groups is 1. The van der Waals surface area contributed by atoms with E-state index in [2.05, 4.69) is 10.5 Å². The van der Waals surface area contributed by atoms with Crippen LogP contribution in [0.25, 0.3) is 11.0 Å². The average molecular weight is 324 g/mol. The predicted octanol–water partition coefficient (Wildman–Crippen LogP) is 3.30. The third kappa shape index (κ3) is 3.38. The number of fused-ring (bicyclic) bond motifs is 1. The topological polar surface area (TPSA) is 84.1 Å². The molecule has 0 saturated carbocycles. The van der Waals surface area contributed by atoms with Crippen LogP contribution in [0.3, 0.4) is 0 Å². The molecule has 1 amide bonds. The third-order valence-electron chi connectivity index (χ3n) is 3.33. The van der Waals surface area contributed by atoms with Gasteiger partial charge < -0.3 is 14.3 Å². The zero-order chi connectivity index (χ0) is 16.9. The van der Waals surface area contributed by atoms with Crippen molar-refractivity contribution in [2.45, 2.75) is 6.92 Å². The van der Waals surface area contributed by atoms with Gasteiger partial charge in [-0.25, -0.2) is 5.43 Å². The molecule has 24 heavy (non-hydrogen) atoms. The number of nitrogens with zero attached hydrogens (tertiary/aromatic N) is 1. The summed E-state index contributed by atoms with van der Waals surface area (Å²) in [4.78, 5) is 12.1. The van der Waals surface area contributed by atoms with Crippen LogP contribution in [0.1, 0.15) is 23.0 Å². The average Bonchev–Trinajstić information content (AvgIpc) is 3.00. The highest BCUT2D eigenvalue weighted by molar-refractivity contribution is 5.97. The van der Waals surface area contributed by atoms with Crippen molar-refractivity contribution in [1.82, 2.24) is 5.43 Å². The number of ether oxygens (including phenoxy) is 1. The highest BCUT2D eigenvalue weighted by Crippen LogP contribution is 2.24. The number of furan rings is 1. The molecule has 0 aliphatic rings. The van der Waals surface area contributed by atoms with E-state index in [1.807, 2.05) is 13.0 Å². The van der Waals surface area contributed by atoms with Gasteiger partial charge in [0.1, 0.15) is 17.1 Å². The summed E-state index contributed by atoms with van der Waals surface area (Å²) in [5.74, 6) is 0.474. The zero-order valence-electron chi connectivity index (χ0n) is 13.0. The van der Waals surface area contributed by atoms with Crippen LogP contribution in [-0.4, -0.2) is 23.8 Å². The Morgan fingerprint density at radius 2 is 2.12 bits per heavy atom. The van der Waals surface area contributed by atoms with E-state index in [9.17, 15) is 9.90 Å². The number of para-hydroxylation sites is 1. The van der Waals surface area contributed by atoms with E-state index < -0.39 is 5.91 Å². The summed E-state index contributed by atoms with van der Waals surface area (Å²) in [6.07, 6.45) is 1.36. The molecule has 2 aromatic carbocycles. The lowest BCUT2D eigenvalue weighted by atomic mass is 10.2. The van der Waals surface area contributed by atoms with Gasteiger partial charge in [0.15, 0.2) is 5.76 Å². The van der Waals surface area contributed by atoms with Crippen molar-refractivity contribution in [3.8, 4) is 11.5 Å². The summed E-state index contributed by atoms with van der Waals surface area (Å²) >= 11 is 0. The number of hydrogen-bond acceptors (Lipinski definition) is 5. The first-order valence-corrected chi connectivity index (χ1v) is 7.45. The molecule has 2 N–H and O–H groups in total. The summed E-state index contributed by atoms with van der Waals surface area (Å²) < 4.78 is 10.9. The van der Waals surface area contributed by atoms with Gasteiger partial charge in [0, 0.05) is 10.9 Å². The Morgan fingerprint density at radius 1 is 1.29 bits per heavy atom. The normalized spacial score (nSPS) is 11.0. The molecule has 0 saturated heterocycles. The fourth-order valence-corrected chi connectivity index (χ4v) is 2.20. The third-order valence-corrected chi connectivity index (χ3v) is 3.33. The molecule has 0 aliphatic carbocycles. The van der Waals surface area contributed by atoms with E-state index in [1.165, 1.54) is 6.21 Å². The number of carbonyl (C=O) groups excluding carboxylic acids is 1. The first-order valence-electron chi connectivity index (χ1n) is 7.45. The number of benzene rings is 2. The minimum atomic E-state index is -0.476. The van der Waals surface area contributed by atoms with Crippen LogP contribution >= 0.6 is 0 Å². The summed E-state index contributed by atoms with van der Waals surface area (Å²) in [5.41, 5.74) is 3.46. The minimum Gasteiger partial charge on any atom is -0.507 e. The van der Waals surface area contributed by atoms with Gasteiger partial charge in [0.05, 0.1) is 12.8 Å². The van der Waals surface area contributed by atoms with Crippen molar-refractivity contribution < 1.29 is 19.1 Å². The Morgan fingerprint density at radius 3 is 2.92 bits per heavy atom. The van der Waals surface area contributed by atoms with Crippen molar-refractivity contribution in [2.24, 2.45) is 5.10 Å². The monoisotopic (exact) mass is 324 g/mol. The van der Waals surface area contributed by atoms with E-state index in [-0.39, 0.29) is 11.5 Å². The first-order chi connectivity index (χ1) is 11.7. The maximum Gasteiger partial charge on any atom is 0.307 e. The van der Waals surface area contributed by atoms with Crippen LogP contribution in [0.5, 0.6) is 11.5 Å². The van der Waals surface area contributed by atoms with E-state index in [0.29, 0.717) is 17.8 Å². The van der Waals surface area contributed by atoms with Crippen molar-refractivity contribution in [1.29, 1.82) is 0 Å². The van der Waals surface area contributed by atoms with Crippen LogP contribution in [-0.2, 0) is 0 Å². The molecule has 0 fully saturated rings. The molecule has 6 heteroatoms. The smallest absolute Gasteiger partial charge is 0.307 e. The van der Waals surface area contributed by atoms with Crippen molar-refractivity contribution in [2.75, 3.05) is 6.61 Å². The number of rotatable bonds is 5. The molecule has 0 radical (unpaired) electrons. The van der Waals surface area contributed by atoms with Gasteiger partial charge in [0.2, 0.25) is 0 Å². The van der Waals surface area contributed by atoms with Crippen LogP contribution in [0, 0.1) is 0 Å². The molecule has 6 nitrogen and oxygen atoms in total. The van der Waals surface area contributed by atoms with Crippen molar-refractivity contribution in [3.05, 3.63) is 59.9 Å². The molecule has 0 bridgehead atoms. The molecule has 0 atom stereocenters. The van der Waals surface area contributed by atoms with Gasteiger partial charge in [-0.2, -0.15) is 5.10 Å². The predicted molar refractivity (Wildman–Crippen MR) is 90.6 cm³/mol. The fourth-order valence-electron chi connectivity index (χ4n) is 2.20. The summed E-state index contributed by atoms with van der Waals surface area (Å²) in [6.45, 7) is 2.47. The largest absolute Gasteiger partial charge is 0.507 e. The molecule has 0 unspecified atom stereocenters. The van der Waals surface area contributed by atoms with Gasteiger partial charge >= 0.3 is 5.91 Å². The molecule has 0 spiro atoms. The fraction of sp³-hybridized carbons (Fsp3) is 0.111. The highest BCUT2D eigenvalue weighted by atomic mass is 16.5. The first kappa shape index (κ1) is 15.6. The van der Waals surface area contributed by atoms with Gasteiger partial charge in [-0.15, -0.1) is 0 Å². The second kappa shape index (κ2) is 6.87. The van der Waals surface area contributed by atoms with E-state index in [0.717, 1.165) is 11.1 Å². The Hall–Kier alpha value is -3.28. The Labute approximate surface area is 138 Å². The molecule has 1 aromatic heterocycles. The molecular weight excluding hydrogens is 308 g/mol. The number of hydrogen-bond donors (Lipinski definition) is 2. The SMILES string of the molecule is CCOc1ccc2oc(C(=O)N/N=C/c3ccccc3O)cc2c1. The van der Waals surface area contributed by atoms with Crippen molar-refractivity contribution >= 4 is 23.1 Å². The second-order valence-electron chi connectivity index (χ2n) is 5.00. The quantitative estimate of drug-likeness (QED) is 0.557. The number of carbonyl (C=O) groups is 1. The van der Waals surface area contributed by atoms with Gasteiger partial charge in [-0.1, -0.05) is 12.1 Å².